The Morgan fingerprint density at radius 1 is 1.26 bits per heavy atom. The van der Waals surface area contributed by atoms with Gasteiger partial charge in [0, 0.05) is 51.3 Å². The van der Waals surface area contributed by atoms with Crippen molar-refractivity contribution in [3.8, 4) is 0 Å². The molecule has 0 spiro atoms. The number of halogens is 4. The fourth-order valence-electron chi connectivity index (χ4n) is 4.21. The Balaban J connectivity index is 1.61. The van der Waals surface area contributed by atoms with E-state index in [1.807, 2.05) is 0 Å². The second-order valence-corrected chi connectivity index (χ2v) is 9.81. The highest BCUT2D eigenvalue weighted by Gasteiger charge is 2.44. The van der Waals surface area contributed by atoms with Gasteiger partial charge in [-0.05, 0) is 36.5 Å². The van der Waals surface area contributed by atoms with Gasteiger partial charge in [-0.25, -0.2) is 17.8 Å². The summed E-state index contributed by atoms with van der Waals surface area (Å²) < 4.78 is 87.3. The van der Waals surface area contributed by atoms with Crippen LogP contribution in [0.4, 0.5) is 23.2 Å². The Bertz CT molecular complexity index is 1050. The molecule has 1 aromatic carbocycles. The molecule has 4 rings (SSSR count). The standard InChI is InChI=1S/C19H22F4N4O3S/c1-26-9-18(24-11-26)31(28,29)27-7-14(12-4-5-30-10-12)17(8-27)25-13-2-3-16(20)15(6-13)19(21,22)23/h2-3,6,9,11-12,14,17,25H,4-5,7-8,10H2,1H3/t12?,14-,17+/m0/s1. The quantitative estimate of drug-likeness (QED) is 0.692. The molecule has 0 radical (unpaired) electrons. The summed E-state index contributed by atoms with van der Waals surface area (Å²) >= 11 is 0. The summed E-state index contributed by atoms with van der Waals surface area (Å²) in [4.78, 5) is 3.93. The maximum atomic E-state index is 13.6. The van der Waals surface area contributed by atoms with E-state index >= 15 is 0 Å². The van der Waals surface area contributed by atoms with Crippen molar-refractivity contribution in [2.75, 3.05) is 31.6 Å². The van der Waals surface area contributed by atoms with Crippen molar-refractivity contribution in [2.24, 2.45) is 18.9 Å². The van der Waals surface area contributed by atoms with Gasteiger partial charge in [0.05, 0.1) is 11.9 Å². The Morgan fingerprint density at radius 2 is 2.03 bits per heavy atom. The molecular weight excluding hydrogens is 440 g/mol. The average Bonchev–Trinajstić information content (AvgIpc) is 3.42. The zero-order valence-corrected chi connectivity index (χ0v) is 17.5. The minimum absolute atomic E-state index is 0.0544. The summed E-state index contributed by atoms with van der Waals surface area (Å²) in [6.07, 6.45) is -1.31. The normalized spacial score (nSPS) is 25.3. The number of sulfonamides is 1. The third kappa shape index (κ3) is 4.41. The summed E-state index contributed by atoms with van der Waals surface area (Å²) in [5.74, 6) is -1.48. The van der Waals surface area contributed by atoms with Crippen molar-refractivity contribution in [2.45, 2.75) is 23.7 Å². The van der Waals surface area contributed by atoms with Crippen LogP contribution in [0, 0.1) is 17.7 Å². The van der Waals surface area contributed by atoms with Crippen LogP contribution in [-0.2, 0) is 28.0 Å². The Labute approximate surface area is 177 Å². The smallest absolute Gasteiger partial charge is 0.381 e. The summed E-state index contributed by atoms with van der Waals surface area (Å²) in [6.45, 7) is 1.25. The van der Waals surface area contributed by atoms with E-state index in [-0.39, 0.29) is 35.6 Å². The topological polar surface area (TPSA) is 76.5 Å². The van der Waals surface area contributed by atoms with Gasteiger partial charge in [-0.1, -0.05) is 0 Å². The van der Waals surface area contributed by atoms with Crippen molar-refractivity contribution in [3.63, 3.8) is 0 Å². The van der Waals surface area contributed by atoms with Gasteiger partial charge in [-0.15, -0.1) is 0 Å². The SMILES string of the molecule is Cn1cnc(S(=O)(=O)N2C[C@@H](Nc3ccc(F)c(C(F)(F)F)c3)[C@H](C3CCOC3)C2)c1. The summed E-state index contributed by atoms with van der Waals surface area (Å²) in [5.41, 5.74) is -1.28. The predicted octanol–water partition coefficient (Wildman–Crippen LogP) is 2.72. The second-order valence-electron chi connectivity index (χ2n) is 7.93. The van der Waals surface area contributed by atoms with Crippen LogP contribution in [0.2, 0.25) is 0 Å². The first kappa shape index (κ1) is 22.0. The summed E-state index contributed by atoms with van der Waals surface area (Å²) in [7, 11) is -2.20. The number of anilines is 1. The van der Waals surface area contributed by atoms with Crippen molar-refractivity contribution in [1.82, 2.24) is 13.9 Å². The Kier molecular flexibility index (Phi) is 5.73. The third-order valence-corrected chi connectivity index (χ3v) is 7.53. The molecule has 12 heteroatoms. The van der Waals surface area contributed by atoms with Crippen molar-refractivity contribution < 1.29 is 30.7 Å². The van der Waals surface area contributed by atoms with Crippen molar-refractivity contribution >= 4 is 15.7 Å². The number of rotatable bonds is 5. The number of ether oxygens (including phenoxy) is 1. The molecule has 31 heavy (non-hydrogen) atoms. The van der Waals surface area contributed by atoms with Crippen LogP contribution in [0.25, 0.3) is 0 Å². The number of hydrogen-bond donors (Lipinski definition) is 1. The van der Waals surface area contributed by atoms with E-state index in [1.54, 1.807) is 7.05 Å². The first-order valence-corrected chi connectivity index (χ1v) is 11.2. The molecule has 2 aliphatic rings. The number of benzene rings is 1. The predicted molar refractivity (Wildman–Crippen MR) is 103 cm³/mol. The number of imidazole rings is 1. The lowest BCUT2D eigenvalue weighted by atomic mass is 9.87. The second kappa shape index (κ2) is 8.06. The number of nitrogens with one attached hydrogen (secondary N) is 1. The maximum Gasteiger partial charge on any atom is 0.419 e. The molecule has 0 bridgehead atoms. The van der Waals surface area contributed by atoms with Crippen LogP contribution in [0.5, 0.6) is 0 Å². The molecule has 0 amide bonds. The largest absolute Gasteiger partial charge is 0.419 e. The van der Waals surface area contributed by atoms with Crippen LogP contribution < -0.4 is 5.32 Å². The van der Waals surface area contributed by atoms with Crippen LogP contribution in [0.3, 0.4) is 0 Å². The molecule has 7 nitrogen and oxygen atoms in total. The lowest BCUT2D eigenvalue weighted by molar-refractivity contribution is -0.139. The highest BCUT2D eigenvalue weighted by atomic mass is 32.2. The highest BCUT2D eigenvalue weighted by molar-refractivity contribution is 7.89. The lowest BCUT2D eigenvalue weighted by Gasteiger charge is -2.25. The van der Waals surface area contributed by atoms with Crippen molar-refractivity contribution in [1.29, 1.82) is 0 Å². The van der Waals surface area contributed by atoms with Crippen LogP contribution in [0.15, 0.2) is 35.7 Å². The lowest BCUT2D eigenvalue weighted by Crippen LogP contribution is -2.34. The molecular formula is C19H22F4N4O3S. The summed E-state index contributed by atoms with van der Waals surface area (Å²) in [5, 5.41) is 2.93. The van der Waals surface area contributed by atoms with E-state index < -0.39 is 33.6 Å². The third-order valence-electron chi connectivity index (χ3n) is 5.81. The Morgan fingerprint density at radius 3 is 2.65 bits per heavy atom. The number of hydrogen-bond acceptors (Lipinski definition) is 5. The van der Waals surface area contributed by atoms with Gasteiger partial charge in [0.2, 0.25) is 0 Å². The van der Waals surface area contributed by atoms with E-state index in [9.17, 15) is 26.0 Å². The van der Waals surface area contributed by atoms with Crippen molar-refractivity contribution in [3.05, 3.63) is 42.1 Å². The van der Waals surface area contributed by atoms with E-state index in [0.29, 0.717) is 19.3 Å². The fourth-order valence-corrected chi connectivity index (χ4v) is 5.68. The van der Waals surface area contributed by atoms with Gasteiger partial charge in [-0.2, -0.15) is 17.5 Å². The molecule has 2 aromatic rings. The molecule has 2 fully saturated rings. The molecule has 2 aliphatic heterocycles. The molecule has 1 unspecified atom stereocenters. The number of aryl methyl sites for hydroxylation is 1. The molecule has 1 aromatic heterocycles. The highest BCUT2D eigenvalue weighted by Crippen LogP contribution is 2.36. The zero-order valence-electron chi connectivity index (χ0n) is 16.6. The van der Waals surface area contributed by atoms with E-state index in [1.165, 1.54) is 27.5 Å². The molecule has 0 aliphatic carbocycles. The molecule has 3 atom stereocenters. The van der Waals surface area contributed by atoms with Gasteiger partial charge in [-0.3, -0.25) is 0 Å². The van der Waals surface area contributed by atoms with E-state index in [2.05, 4.69) is 10.3 Å². The fraction of sp³-hybridized carbons (Fsp3) is 0.526. The zero-order chi connectivity index (χ0) is 22.4. The minimum Gasteiger partial charge on any atom is -0.381 e. The Hall–Kier alpha value is -2.18. The van der Waals surface area contributed by atoms with Gasteiger partial charge >= 0.3 is 6.18 Å². The van der Waals surface area contributed by atoms with E-state index in [0.717, 1.165) is 12.5 Å². The molecule has 1 N–H and O–H groups in total. The average molecular weight is 462 g/mol. The number of aromatic nitrogens is 2. The van der Waals surface area contributed by atoms with Crippen LogP contribution in [0.1, 0.15) is 12.0 Å². The number of alkyl halides is 3. The number of nitrogens with zero attached hydrogens (tertiary/aromatic N) is 3. The first-order chi connectivity index (χ1) is 14.6. The van der Waals surface area contributed by atoms with Gasteiger partial charge in [0.1, 0.15) is 5.82 Å². The molecule has 0 saturated carbocycles. The van der Waals surface area contributed by atoms with E-state index in [4.69, 9.17) is 4.74 Å². The van der Waals surface area contributed by atoms with Crippen LogP contribution >= 0.6 is 0 Å². The molecule has 2 saturated heterocycles. The van der Waals surface area contributed by atoms with Gasteiger partial charge < -0.3 is 14.6 Å². The van der Waals surface area contributed by atoms with Crippen LogP contribution in [-0.4, -0.2) is 54.6 Å². The first-order valence-electron chi connectivity index (χ1n) is 9.75. The van der Waals surface area contributed by atoms with Gasteiger partial charge in [0.25, 0.3) is 10.0 Å². The molecule has 170 valence electrons. The minimum atomic E-state index is -4.83. The monoisotopic (exact) mass is 462 g/mol. The maximum absolute atomic E-state index is 13.6. The summed E-state index contributed by atoms with van der Waals surface area (Å²) in [6, 6.07) is 2.24. The van der Waals surface area contributed by atoms with Gasteiger partial charge in [0.15, 0.2) is 5.03 Å². The molecule has 3 heterocycles.